The zero-order chi connectivity index (χ0) is 11.4. The Morgan fingerprint density at radius 1 is 1.56 bits per heavy atom. The quantitative estimate of drug-likeness (QED) is 0.626. The van der Waals surface area contributed by atoms with E-state index in [1.807, 2.05) is 17.6 Å². The molecule has 0 bridgehead atoms. The van der Waals surface area contributed by atoms with Crippen molar-refractivity contribution in [2.75, 3.05) is 6.61 Å². The Hall–Kier alpha value is -0.840. The molecule has 0 radical (unpaired) electrons. The summed E-state index contributed by atoms with van der Waals surface area (Å²) in [6.07, 6.45) is 5.08. The van der Waals surface area contributed by atoms with E-state index in [0.717, 1.165) is 25.9 Å². The number of hydrogen-bond donors (Lipinski definition) is 2. The Kier molecular flexibility index (Phi) is 3.98. The van der Waals surface area contributed by atoms with Crippen LogP contribution in [0.15, 0.2) is 24.0 Å². The second-order valence-corrected chi connectivity index (χ2v) is 5.12. The van der Waals surface area contributed by atoms with E-state index in [1.165, 1.54) is 15.3 Å². The van der Waals surface area contributed by atoms with E-state index in [4.69, 9.17) is 10.6 Å². The smallest absolute Gasteiger partial charge is 0.0876 e. The lowest BCUT2D eigenvalue weighted by Gasteiger charge is -2.21. The number of hydrazine groups is 1. The molecule has 0 aromatic carbocycles. The molecule has 0 amide bonds. The molecule has 3 N–H and O–H groups in total. The van der Waals surface area contributed by atoms with E-state index in [0.29, 0.717) is 0 Å². The minimum Gasteiger partial charge on any atom is -0.501 e. The third kappa shape index (κ3) is 2.45. The van der Waals surface area contributed by atoms with Crippen LogP contribution in [0.25, 0.3) is 0 Å². The molecule has 0 fully saturated rings. The SMILES string of the molecule is CCc1ccc(C(NN)C2=COCCC2)s1. The van der Waals surface area contributed by atoms with Gasteiger partial charge in [-0.3, -0.25) is 5.84 Å². The number of nitrogens with one attached hydrogen (secondary N) is 1. The predicted octanol–water partition coefficient (Wildman–Crippen LogP) is 2.51. The second-order valence-electron chi connectivity index (χ2n) is 3.92. The van der Waals surface area contributed by atoms with Gasteiger partial charge in [0, 0.05) is 9.75 Å². The van der Waals surface area contributed by atoms with Crippen molar-refractivity contribution >= 4 is 11.3 Å². The van der Waals surface area contributed by atoms with Crippen molar-refractivity contribution in [1.29, 1.82) is 0 Å². The largest absolute Gasteiger partial charge is 0.501 e. The monoisotopic (exact) mass is 238 g/mol. The van der Waals surface area contributed by atoms with Crippen molar-refractivity contribution in [3.63, 3.8) is 0 Å². The molecule has 1 atom stereocenters. The summed E-state index contributed by atoms with van der Waals surface area (Å²) in [5, 5.41) is 0. The van der Waals surface area contributed by atoms with Crippen molar-refractivity contribution in [1.82, 2.24) is 5.43 Å². The maximum Gasteiger partial charge on any atom is 0.0876 e. The Morgan fingerprint density at radius 3 is 3.00 bits per heavy atom. The van der Waals surface area contributed by atoms with Crippen LogP contribution in [0.4, 0.5) is 0 Å². The van der Waals surface area contributed by atoms with Gasteiger partial charge in [-0.15, -0.1) is 11.3 Å². The molecule has 4 heteroatoms. The average molecular weight is 238 g/mol. The van der Waals surface area contributed by atoms with Gasteiger partial charge in [0.15, 0.2) is 0 Å². The Morgan fingerprint density at radius 2 is 2.44 bits per heavy atom. The Labute approximate surface area is 100 Å². The number of hydrogen-bond acceptors (Lipinski definition) is 4. The first-order valence-electron chi connectivity index (χ1n) is 5.70. The van der Waals surface area contributed by atoms with Gasteiger partial charge in [-0.05, 0) is 37.0 Å². The molecule has 2 heterocycles. The first-order valence-corrected chi connectivity index (χ1v) is 6.52. The van der Waals surface area contributed by atoms with Gasteiger partial charge in [0.25, 0.3) is 0 Å². The van der Waals surface area contributed by atoms with Crippen LogP contribution in [0.2, 0.25) is 0 Å². The molecule has 0 aliphatic carbocycles. The second kappa shape index (κ2) is 5.48. The van der Waals surface area contributed by atoms with Gasteiger partial charge in [0.05, 0.1) is 18.9 Å². The molecule has 2 rings (SSSR count). The minimum absolute atomic E-state index is 0.116. The predicted molar refractivity (Wildman–Crippen MR) is 67.0 cm³/mol. The molecule has 1 aliphatic heterocycles. The summed E-state index contributed by atoms with van der Waals surface area (Å²) in [7, 11) is 0. The summed E-state index contributed by atoms with van der Waals surface area (Å²) < 4.78 is 5.37. The third-order valence-corrected chi connectivity index (χ3v) is 4.11. The van der Waals surface area contributed by atoms with Crippen molar-refractivity contribution in [3.8, 4) is 0 Å². The molecule has 3 nitrogen and oxygen atoms in total. The standard InChI is InChI=1S/C12H18N2OS/c1-2-10-5-6-11(16-10)12(14-13)9-4-3-7-15-8-9/h5-6,8,12,14H,2-4,7,13H2,1H3. The van der Waals surface area contributed by atoms with Gasteiger partial charge in [-0.25, -0.2) is 5.43 Å². The molecule has 1 unspecified atom stereocenters. The summed E-state index contributed by atoms with van der Waals surface area (Å²) in [6.45, 7) is 2.99. The van der Waals surface area contributed by atoms with Crippen LogP contribution in [-0.2, 0) is 11.2 Å². The number of aryl methyl sites for hydroxylation is 1. The van der Waals surface area contributed by atoms with E-state index < -0.39 is 0 Å². The summed E-state index contributed by atoms with van der Waals surface area (Å²) in [6, 6.07) is 4.45. The molecular weight excluding hydrogens is 220 g/mol. The minimum atomic E-state index is 0.116. The first-order chi connectivity index (χ1) is 7.85. The zero-order valence-electron chi connectivity index (χ0n) is 9.53. The van der Waals surface area contributed by atoms with E-state index in [1.54, 1.807) is 0 Å². The third-order valence-electron chi connectivity index (χ3n) is 2.82. The normalized spacial score (nSPS) is 17.8. The molecule has 1 aromatic heterocycles. The summed E-state index contributed by atoms with van der Waals surface area (Å²) in [5.41, 5.74) is 4.14. The number of nitrogens with two attached hydrogens (primary N) is 1. The van der Waals surface area contributed by atoms with Gasteiger partial charge >= 0.3 is 0 Å². The summed E-state index contributed by atoms with van der Waals surface area (Å²) in [5.74, 6) is 5.65. The van der Waals surface area contributed by atoms with Crippen molar-refractivity contribution in [2.45, 2.75) is 32.2 Å². The molecule has 0 saturated heterocycles. The highest BCUT2D eigenvalue weighted by atomic mass is 32.1. The molecule has 0 saturated carbocycles. The van der Waals surface area contributed by atoms with Crippen LogP contribution >= 0.6 is 11.3 Å². The molecule has 88 valence electrons. The number of ether oxygens (including phenoxy) is 1. The number of thiophene rings is 1. The van der Waals surface area contributed by atoms with Gasteiger partial charge in [-0.2, -0.15) is 0 Å². The van der Waals surface area contributed by atoms with E-state index >= 15 is 0 Å². The topological polar surface area (TPSA) is 47.3 Å². The van der Waals surface area contributed by atoms with Gasteiger partial charge in [0.2, 0.25) is 0 Å². The van der Waals surface area contributed by atoms with Gasteiger partial charge in [0.1, 0.15) is 0 Å². The van der Waals surface area contributed by atoms with Crippen molar-refractivity contribution in [3.05, 3.63) is 33.7 Å². The fourth-order valence-corrected chi connectivity index (χ4v) is 2.96. The Bertz CT molecular complexity index is 373. The van der Waals surface area contributed by atoms with E-state index in [9.17, 15) is 0 Å². The van der Waals surface area contributed by atoms with Crippen LogP contribution in [0.3, 0.4) is 0 Å². The molecular formula is C12H18N2OS. The van der Waals surface area contributed by atoms with Crippen molar-refractivity contribution < 1.29 is 4.74 Å². The maximum absolute atomic E-state index is 5.65. The Balaban J connectivity index is 2.17. The molecule has 0 spiro atoms. The zero-order valence-corrected chi connectivity index (χ0v) is 10.3. The van der Waals surface area contributed by atoms with Crippen LogP contribution in [0.1, 0.15) is 35.6 Å². The number of rotatable bonds is 4. The van der Waals surface area contributed by atoms with E-state index in [2.05, 4.69) is 24.5 Å². The summed E-state index contributed by atoms with van der Waals surface area (Å²) in [4.78, 5) is 2.67. The first kappa shape index (κ1) is 11.6. The van der Waals surface area contributed by atoms with Crippen LogP contribution in [0, 0.1) is 0 Å². The lowest BCUT2D eigenvalue weighted by molar-refractivity contribution is 0.219. The fourth-order valence-electron chi connectivity index (χ4n) is 1.91. The highest BCUT2D eigenvalue weighted by Crippen LogP contribution is 2.31. The highest BCUT2D eigenvalue weighted by Gasteiger charge is 2.19. The van der Waals surface area contributed by atoms with Crippen LogP contribution in [-0.4, -0.2) is 6.61 Å². The highest BCUT2D eigenvalue weighted by molar-refractivity contribution is 7.12. The van der Waals surface area contributed by atoms with Crippen LogP contribution in [0.5, 0.6) is 0 Å². The summed E-state index contributed by atoms with van der Waals surface area (Å²) >= 11 is 1.82. The van der Waals surface area contributed by atoms with Crippen LogP contribution < -0.4 is 11.3 Å². The lowest BCUT2D eigenvalue weighted by Crippen LogP contribution is -2.29. The van der Waals surface area contributed by atoms with Gasteiger partial charge in [-0.1, -0.05) is 6.92 Å². The fraction of sp³-hybridized carbons (Fsp3) is 0.500. The van der Waals surface area contributed by atoms with Gasteiger partial charge < -0.3 is 4.74 Å². The maximum atomic E-state index is 5.65. The molecule has 1 aliphatic rings. The lowest BCUT2D eigenvalue weighted by atomic mass is 10.0. The van der Waals surface area contributed by atoms with Crippen molar-refractivity contribution in [2.24, 2.45) is 5.84 Å². The van der Waals surface area contributed by atoms with E-state index in [-0.39, 0.29) is 6.04 Å². The average Bonchev–Trinajstić information content (AvgIpc) is 2.80. The molecule has 16 heavy (non-hydrogen) atoms. The molecule has 1 aromatic rings.